The number of esters is 1. The molecule has 4 atom stereocenters. The third-order valence-corrected chi connectivity index (χ3v) is 6.00. The van der Waals surface area contributed by atoms with Gasteiger partial charge in [-0.3, -0.25) is 14.4 Å². The molecule has 3 rings (SSSR count). The lowest BCUT2D eigenvalue weighted by molar-refractivity contribution is -0.202. The fourth-order valence-corrected chi connectivity index (χ4v) is 4.16. The largest absolute Gasteiger partial charge is 0.481 e. The van der Waals surface area contributed by atoms with Gasteiger partial charge in [-0.1, -0.05) is 37.3 Å². The van der Waals surface area contributed by atoms with Crippen LogP contribution in [0.15, 0.2) is 54.6 Å². The highest BCUT2D eigenvalue weighted by Crippen LogP contribution is 2.43. The molecular formula is C26H29NO9. The summed E-state index contributed by atoms with van der Waals surface area (Å²) < 4.78 is 15.1. The van der Waals surface area contributed by atoms with Crippen LogP contribution < -0.4 is 4.74 Å². The fraction of sp³-hybridized carbons (Fsp3) is 0.385. The summed E-state index contributed by atoms with van der Waals surface area (Å²) in [5.41, 5.74) is 0.837. The highest BCUT2D eigenvalue weighted by Gasteiger charge is 2.55. The summed E-state index contributed by atoms with van der Waals surface area (Å²) in [4.78, 5) is 50.1. The maximum absolute atomic E-state index is 13.3. The average Bonchev–Trinajstić information content (AvgIpc) is 2.82. The van der Waals surface area contributed by atoms with E-state index < -0.39 is 42.0 Å². The Balaban J connectivity index is 1.66. The minimum Gasteiger partial charge on any atom is -0.481 e. The molecule has 36 heavy (non-hydrogen) atoms. The molecule has 10 nitrogen and oxygen atoms in total. The smallest absolute Gasteiger partial charge is 0.373 e. The molecular weight excluding hydrogens is 470 g/mol. The Kier molecular flexibility index (Phi) is 9.02. The van der Waals surface area contributed by atoms with Gasteiger partial charge in [-0.25, -0.2) is 4.79 Å². The first-order chi connectivity index (χ1) is 17.2. The molecule has 1 aliphatic carbocycles. The van der Waals surface area contributed by atoms with Crippen molar-refractivity contribution < 1.29 is 43.6 Å². The minimum absolute atomic E-state index is 0.0469. The summed E-state index contributed by atoms with van der Waals surface area (Å²) in [7, 11) is 1.05. The summed E-state index contributed by atoms with van der Waals surface area (Å²) in [5.74, 6) is -6.24. The molecule has 0 bridgehead atoms. The molecule has 1 aliphatic rings. The number of aliphatic carboxylic acids is 2. The Morgan fingerprint density at radius 3 is 2.17 bits per heavy atom. The molecule has 192 valence electrons. The summed E-state index contributed by atoms with van der Waals surface area (Å²) in [6.07, 6.45) is -1.23. The van der Waals surface area contributed by atoms with Gasteiger partial charge >= 0.3 is 24.2 Å². The van der Waals surface area contributed by atoms with Crippen molar-refractivity contribution in [1.82, 2.24) is 4.90 Å². The number of rotatable bonds is 12. The van der Waals surface area contributed by atoms with Gasteiger partial charge in [-0.2, -0.15) is 0 Å². The number of methoxy groups -OCH3 is 1. The number of carboxylic acids is 2. The maximum Gasteiger partial charge on any atom is 0.373 e. The molecule has 1 fully saturated rings. The van der Waals surface area contributed by atoms with Gasteiger partial charge in [0.1, 0.15) is 11.5 Å². The van der Waals surface area contributed by atoms with Crippen LogP contribution in [0.25, 0.3) is 0 Å². The second-order valence-electron chi connectivity index (χ2n) is 8.47. The van der Waals surface area contributed by atoms with Crippen molar-refractivity contribution in [1.29, 1.82) is 0 Å². The first kappa shape index (κ1) is 26.7. The average molecular weight is 500 g/mol. The normalized spacial score (nSPS) is 19.4. The van der Waals surface area contributed by atoms with E-state index >= 15 is 0 Å². The van der Waals surface area contributed by atoms with Gasteiger partial charge in [0.05, 0.1) is 17.8 Å². The molecule has 1 saturated carbocycles. The van der Waals surface area contributed by atoms with Gasteiger partial charge in [0, 0.05) is 20.2 Å². The van der Waals surface area contributed by atoms with Crippen molar-refractivity contribution in [3.8, 4) is 11.5 Å². The van der Waals surface area contributed by atoms with Crippen LogP contribution in [-0.4, -0.2) is 58.9 Å². The summed E-state index contributed by atoms with van der Waals surface area (Å²) in [6.45, 7) is 2.58. The van der Waals surface area contributed by atoms with Crippen molar-refractivity contribution >= 4 is 23.8 Å². The van der Waals surface area contributed by atoms with E-state index in [0.717, 1.165) is 12.7 Å². The van der Waals surface area contributed by atoms with E-state index in [4.69, 9.17) is 14.6 Å². The van der Waals surface area contributed by atoms with Crippen molar-refractivity contribution in [2.75, 3.05) is 13.7 Å². The zero-order valence-corrected chi connectivity index (χ0v) is 20.0. The van der Waals surface area contributed by atoms with Gasteiger partial charge in [0.2, 0.25) is 5.91 Å². The molecule has 0 heterocycles. The van der Waals surface area contributed by atoms with Crippen molar-refractivity contribution in [2.45, 2.75) is 32.6 Å². The van der Waals surface area contributed by atoms with E-state index in [-0.39, 0.29) is 18.9 Å². The van der Waals surface area contributed by atoms with Crippen LogP contribution in [0.1, 0.15) is 25.3 Å². The van der Waals surface area contributed by atoms with Crippen LogP contribution >= 0.6 is 0 Å². The Labute approximate surface area is 208 Å². The number of ether oxygens (including phenoxy) is 3. The quantitative estimate of drug-likeness (QED) is 0.333. The van der Waals surface area contributed by atoms with E-state index in [1.807, 2.05) is 49.4 Å². The maximum atomic E-state index is 13.3. The lowest BCUT2D eigenvalue weighted by Gasteiger charge is -2.41. The third kappa shape index (κ3) is 6.39. The van der Waals surface area contributed by atoms with Gasteiger partial charge in [-0.15, -0.1) is 0 Å². The Bertz CT molecular complexity index is 1070. The van der Waals surface area contributed by atoms with Gasteiger partial charge in [0.25, 0.3) is 0 Å². The van der Waals surface area contributed by atoms with E-state index in [9.17, 15) is 24.3 Å². The number of carbonyl (C=O) groups excluding carboxylic acids is 2. The second kappa shape index (κ2) is 12.2. The van der Waals surface area contributed by atoms with E-state index in [1.165, 1.54) is 0 Å². The number of carbonyl (C=O) groups is 4. The molecule has 4 unspecified atom stereocenters. The monoisotopic (exact) mass is 499 g/mol. The minimum atomic E-state index is -1.84. The van der Waals surface area contributed by atoms with Crippen LogP contribution in [0.3, 0.4) is 0 Å². The second-order valence-corrected chi connectivity index (χ2v) is 8.47. The highest BCUT2D eigenvalue weighted by atomic mass is 16.7. The van der Waals surface area contributed by atoms with Crippen molar-refractivity contribution in [3.05, 3.63) is 60.2 Å². The highest BCUT2D eigenvalue weighted by molar-refractivity contribution is 5.92. The SMILES string of the molecule is CCCN(Cc1ccc(Oc2ccccc2)cc1)C(=O)C1CC(C(=O)OC(OC)C(=O)O)C1C(=O)O. The molecule has 0 radical (unpaired) electrons. The topological polar surface area (TPSA) is 140 Å². The van der Waals surface area contributed by atoms with Crippen LogP contribution in [-0.2, 0) is 35.2 Å². The fourth-order valence-electron chi connectivity index (χ4n) is 4.16. The molecule has 1 amide bonds. The Morgan fingerprint density at radius 1 is 0.972 bits per heavy atom. The predicted octanol–water partition coefficient (Wildman–Crippen LogP) is 3.15. The molecule has 2 aromatic carbocycles. The Morgan fingerprint density at radius 2 is 1.61 bits per heavy atom. The van der Waals surface area contributed by atoms with Crippen LogP contribution in [0, 0.1) is 17.8 Å². The molecule has 0 spiro atoms. The van der Waals surface area contributed by atoms with Gasteiger partial charge < -0.3 is 29.3 Å². The standard InChI is InChI=1S/C26H29NO9/c1-3-13-27(15-16-9-11-18(12-10-16)35-17-7-5-4-6-8-17)22(28)19-14-20(21(19)23(29)30)25(33)36-26(34-2)24(31)32/h4-12,19-21,26H,3,13-15H2,1-2H3,(H,29,30)(H,31,32). The molecule has 10 heteroatoms. The molecule has 2 N–H and O–H groups in total. The number of benzene rings is 2. The number of nitrogens with zero attached hydrogens (tertiary/aromatic N) is 1. The van der Waals surface area contributed by atoms with Gasteiger partial charge in [-0.05, 0) is 42.7 Å². The van der Waals surface area contributed by atoms with E-state index in [1.54, 1.807) is 17.0 Å². The number of para-hydroxylation sites is 1. The number of hydrogen-bond donors (Lipinski definition) is 2. The Hall–Kier alpha value is -3.92. The lowest BCUT2D eigenvalue weighted by atomic mass is 9.64. The molecule has 0 aromatic heterocycles. The van der Waals surface area contributed by atoms with Crippen LogP contribution in [0.2, 0.25) is 0 Å². The molecule has 0 saturated heterocycles. The molecule has 0 aliphatic heterocycles. The van der Waals surface area contributed by atoms with Crippen LogP contribution in [0.4, 0.5) is 0 Å². The zero-order valence-electron chi connectivity index (χ0n) is 20.0. The van der Waals surface area contributed by atoms with Crippen molar-refractivity contribution in [2.24, 2.45) is 17.8 Å². The number of hydrogen-bond acceptors (Lipinski definition) is 7. The summed E-state index contributed by atoms with van der Waals surface area (Å²) >= 11 is 0. The number of carboxylic acid groups (broad SMARTS) is 2. The summed E-state index contributed by atoms with van der Waals surface area (Å²) in [5, 5.41) is 18.7. The molecule has 2 aromatic rings. The lowest BCUT2D eigenvalue weighted by Crippen LogP contribution is -2.54. The van der Waals surface area contributed by atoms with E-state index in [2.05, 4.69) is 4.74 Å². The predicted molar refractivity (Wildman–Crippen MR) is 126 cm³/mol. The van der Waals surface area contributed by atoms with Crippen molar-refractivity contribution in [3.63, 3.8) is 0 Å². The number of amides is 1. The third-order valence-electron chi connectivity index (χ3n) is 6.00. The van der Waals surface area contributed by atoms with Gasteiger partial charge in [0.15, 0.2) is 0 Å². The first-order valence-electron chi connectivity index (χ1n) is 11.5. The summed E-state index contributed by atoms with van der Waals surface area (Å²) in [6, 6.07) is 16.6. The van der Waals surface area contributed by atoms with Crippen LogP contribution in [0.5, 0.6) is 11.5 Å². The van der Waals surface area contributed by atoms with E-state index in [0.29, 0.717) is 24.5 Å². The first-order valence-corrected chi connectivity index (χ1v) is 11.5. The zero-order chi connectivity index (χ0) is 26.2.